The molecule has 0 bridgehead atoms. The molecule has 0 unspecified atom stereocenters. The highest BCUT2D eigenvalue weighted by molar-refractivity contribution is 5.95. The largest absolute Gasteiger partial charge is 0.490 e. The van der Waals surface area contributed by atoms with Gasteiger partial charge in [0.15, 0.2) is 11.5 Å². The zero-order valence-corrected chi connectivity index (χ0v) is 16.6. The fourth-order valence-corrected chi connectivity index (χ4v) is 3.35. The molecule has 0 saturated carbocycles. The summed E-state index contributed by atoms with van der Waals surface area (Å²) < 4.78 is 13.0. The third-order valence-electron chi connectivity index (χ3n) is 4.89. The molecular weight excluding hydrogens is 368 g/mol. The van der Waals surface area contributed by atoms with E-state index >= 15 is 0 Å². The van der Waals surface area contributed by atoms with Crippen LogP contribution in [0.2, 0.25) is 0 Å². The lowest BCUT2D eigenvalue weighted by molar-refractivity contribution is 0.0498. The van der Waals surface area contributed by atoms with Crippen LogP contribution >= 0.6 is 0 Å². The van der Waals surface area contributed by atoms with Gasteiger partial charge in [0.25, 0.3) is 5.91 Å². The van der Waals surface area contributed by atoms with E-state index in [1.165, 1.54) is 0 Å². The van der Waals surface area contributed by atoms with Crippen molar-refractivity contribution in [1.29, 1.82) is 0 Å². The maximum absolute atomic E-state index is 12.8. The fourth-order valence-electron chi connectivity index (χ4n) is 3.35. The number of hydrogen-bond donors (Lipinski definition) is 0. The minimum Gasteiger partial charge on any atom is -0.490 e. The number of rotatable bonds is 7. The minimum absolute atomic E-state index is 0.0198. The average molecular weight is 392 g/mol. The van der Waals surface area contributed by atoms with Crippen LogP contribution in [0.25, 0.3) is 11.3 Å². The van der Waals surface area contributed by atoms with Crippen LogP contribution in [0, 0.1) is 0 Å². The van der Waals surface area contributed by atoms with Gasteiger partial charge in [0, 0.05) is 24.2 Å². The number of nitrogens with zero attached hydrogens (tertiary/aromatic N) is 4. The Kier molecular flexibility index (Phi) is 5.46. The van der Waals surface area contributed by atoms with Crippen molar-refractivity contribution in [1.82, 2.24) is 19.9 Å². The van der Waals surface area contributed by atoms with Gasteiger partial charge in [-0.15, -0.1) is 5.10 Å². The van der Waals surface area contributed by atoms with Crippen LogP contribution < -0.4 is 9.47 Å². The highest BCUT2D eigenvalue weighted by atomic mass is 16.5. The van der Waals surface area contributed by atoms with Gasteiger partial charge in [-0.1, -0.05) is 35.5 Å². The van der Waals surface area contributed by atoms with Gasteiger partial charge in [-0.2, -0.15) is 0 Å². The molecule has 3 aromatic rings. The summed E-state index contributed by atoms with van der Waals surface area (Å²) in [7, 11) is 0. The predicted molar refractivity (Wildman–Crippen MR) is 109 cm³/mol. The molecule has 1 fully saturated rings. The van der Waals surface area contributed by atoms with Gasteiger partial charge in [-0.05, 0) is 32.0 Å². The van der Waals surface area contributed by atoms with Crippen LogP contribution in [0.1, 0.15) is 30.2 Å². The summed E-state index contributed by atoms with van der Waals surface area (Å²) in [4.78, 5) is 14.6. The second-order valence-electron chi connectivity index (χ2n) is 6.84. The quantitative estimate of drug-likeness (QED) is 0.616. The van der Waals surface area contributed by atoms with Crippen LogP contribution in [0.4, 0.5) is 0 Å². The number of hydrogen-bond acceptors (Lipinski definition) is 5. The van der Waals surface area contributed by atoms with E-state index in [0.29, 0.717) is 43.4 Å². The van der Waals surface area contributed by atoms with Crippen LogP contribution in [0.15, 0.2) is 54.7 Å². The van der Waals surface area contributed by atoms with Crippen molar-refractivity contribution in [2.45, 2.75) is 19.9 Å². The lowest BCUT2D eigenvalue weighted by Gasteiger charge is -2.38. The summed E-state index contributed by atoms with van der Waals surface area (Å²) in [5, 5.41) is 8.50. The van der Waals surface area contributed by atoms with E-state index in [-0.39, 0.29) is 11.9 Å². The Morgan fingerprint density at radius 2 is 1.76 bits per heavy atom. The number of aromatic nitrogens is 3. The molecule has 0 atom stereocenters. The van der Waals surface area contributed by atoms with Crippen LogP contribution in [0.3, 0.4) is 0 Å². The van der Waals surface area contributed by atoms with Crippen LogP contribution in [-0.4, -0.2) is 52.1 Å². The van der Waals surface area contributed by atoms with Crippen LogP contribution in [0.5, 0.6) is 11.5 Å². The lowest BCUT2D eigenvalue weighted by atomic mass is 10.1. The zero-order valence-electron chi connectivity index (χ0n) is 16.6. The summed E-state index contributed by atoms with van der Waals surface area (Å²) in [5.41, 5.74) is 2.46. The summed E-state index contributed by atoms with van der Waals surface area (Å²) in [6.07, 6.45) is 1.94. The van der Waals surface area contributed by atoms with Crippen molar-refractivity contribution in [2.24, 2.45) is 0 Å². The topological polar surface area (TPSA) is 69.5 Å². The second-order valence-corrected chi connectivity index (χ2v) is 6.84. The van der Waals surface area contributed by atoms with Gasteiger partial charge in [0.2, 0.25) is 0 Å². The van der Waals surface area contributed by atoms with E-state index in [2.05, 4.69) is 10.3 Å². The van der Waals surface area contributed by atoms with E-state index in [1.807, 2.05) is 55.1 Å². The highest BCUT2D eigenvalue weighted by Crippen LogP contribution is 2.31. The molecule has 7 nitrogen and oxygen atoms in total. The molecule has 4 rings (SSSR count). The predicted octanol–water partition coefficient (Wildman–Crippen LogP) is 3.44. The maximum Gasteiger partial charge on any atom is 0.254 e. The minimum atomic E-state index is -0.0198. The second kappa shape index (κ2) is 8.34. The Hall–Kier alpha value is -3.35. The Labute approximate surface area is 169 Å². The molecular formula is C22H24N4O3. The molecule has 2 aromatic carbocycles. The van der Waals surface area contributed by atoms with Gasteiger partial charge in [-0.3, -0.25) is 4.79 Å². The molecule has 1 aliphatic heterocycles. The smallest absolute Gasteiger partial charge is 0.254 e. The maximum atomic E-state index is 12.8. The van der Waals surface area contributed by atoms with E-state index < -0.39 is 0 Å². The third-order valence-corrected chi connectivity index (χ3v) is 4.89. The lowest BCUT2D eigenvalue weighted by Crippen LogP contribution is -2.50. The average Bonchev–Trinajstić information content (AvgIpc) is 3.19. The molecule has 0 N–H and O–H groups in total. The summed E-state index contributed by atoms with van der Waals surface area (Å²) in [6, 6.07) is 15.4. The van der Waals surface area contributed by atoms with Crippen molar-refractivity contribution < 1.29 is 14.3 Å². The Bertz CT molecular complexity index is 981. The van der Waals surface area contributed by atoms with E-state index in [4.69, 9.17) is 9.47 Å². The van der Waals surface area contributed by atoms with Crippen LogP contribution in [-0.2, 0) is 0 Å². The first kappa shape index (κ1) is 19.0. The van der Waals surface area contributed by atoms with E-state index in [9.17, 15) is 4.79 Å². The monoisotopic (exact) mass is 392 g/mol. The van der Waals surface area contributed by atoms with E-state index in [0.717, 1.165) is 11.3 Å². The molecule has 1 aromatic heterocycles. The molecule has 150 valence electrons. The highest BCUT2D eigenvalue weighted by Gasteiger charge is 2.33. The molecule has 0 radical (unpaired) electrons. The van der Waals surface area contributed by atoms with Gasteiger partial charge in [0.1, 0.15) is 5.69 Å². The number of carbonyl (C=O) groups is 1. The number of amides is 1. The molecule has 0 spiro atoms. The van der Waals surface area contributed by atoms with Gasteiger partial charge < -0.3 is 14.4 Å². The summed E-state index contributed by atoms with van der Waals surface area (Å²) >= 11 is 0. The third kappa shape index (κ3) is 3.94. The van der Waals surface area contributed by atoms with Gasteiger partial charge in [0.05, 0.1) is 25.5 Å². The molecule has 7 heteroatoms. The first-order chi connectivity index (χ1) is 14.2. The molecule has 0 aliphatic carbocycles. The molecule has 2 heterocycles. The molecule has 1 saturated heterocycles. The first-order valence-electron chi connectivity index (χ1n) is 9.85. The van der Waals surface area contributed by atoms with Crippen molar-refractivity contribution in [3.63, 3.8) is 0 Å². The van der Waals surface area contributed by atoms with Crippen molar-refractivity contribution in [2.75, 3.05) is 26.3 Å². The first-order valence-corrected chi connectivity index (χ1v) is 9.85. The molecule has 1 aliphatic rings. The molecule has 29 heavy (non-hydrogen) atoms. The molecule has 1 amide bonds. The normalized spacial score (nSPS) is 13.8. The number of benzene rings is 2. The summed E-state index contributed by atoms with van der Waals surface area (Å²) in [6.45, 7) is 6.10. The number of ether oxygens (including phenoxy) is 2. The van der Waals surface area contributed by atoms with Crippen molar-refractivity contribution >= 4 is 5.91 Å². The number of likely N-dealkylation sites (tertiary alicyclic amines) is 1. The Morgan fingerprint density at radius 3 is 2.48 bits per heavy atom. The Morgan fingerprint density at radius 1 is 1.03 bits per heavy atom. The number of carbonyl (C=O) groups excluding carboxylic acids is 1. The summed E-state index contributed by atoms with van der Waals surface area (Å²) in [5.74, 6) is 1.23. The fraction of sp³-hybridized carbons (Fsp3) is 0.318. The van der Waals surface area contributed by atoms with Crippen molar-refractivity contribution in [3.05, 3.63) is 60.3 Å². The van der Waals surface area contributed by atoms with Gasteiger partial charge in [-0.25, -0.2) is 4.68 Å². The van der Waals surface area contributed by atoms with Crippen molar-refractivity contribution in [3.8, 4) is 22.8 Å². The van der Waals surface area contributed by atoms with Gasteiger partial charge >= 0.3 is 0 Å². The Balaban J connectivity index is 1.41. The van der Waals surface area contributed by atoms with E-state index in [1.54, 1.807) is 23.1 Å². The standard InChI is InChI=1S/C22H24N4O3/c1-3-28-20-11-10-17(12-21(20)29-4-2)22(27)25-13-18(14-25)26-15-19(23-24-26)16-8-6-5-7-9-16/h5-12,15,18H,3-4,13-14H2,1-2H3. The SMILES string of the molecule is CCOc1ccc(C(=O)N2CC(n3cc(-c4ccccc4)nn3)C2)cc1OCC. The zero-order chi connectivity index (χ0) is 20.2.